The molecule has 1 aromatic heterocycles. The molecule has 1 aromatic rings. The van der Waals surface area contributed by atoms with Gasteiger partial charge >= 0.3 is 0 Å². The van der Waals surface area contributed by atoms with Crippen LogP contribution in [0.2, 0.25) is 0 Å². The average molecular weight is 197 g/mol. The summed E-state index contributed by atoms with van der Waals surface area (Å²) in [6.07, 6.45) is 1.48. The highest BCUT2D eigenvalue weighted by atomic mass is 32.1. The highest BCUT2D eigenvalue weighted by Gasteiger charge is 2.28. The van der Waals surface area contributed by atoms with Gasteiger partial charge in [-0.1, -0.05) is 0 Å². The number of thiophene rings is 1. The summed E-state index contributed by atoms with van der Waals surface area (Å²) in [6.45, 7) is 2.93. The molecule has 72 valence electrons. The predicted octanol–water partition coefficient (Wildman–Crippen LogP) is 2.17. The van der Waals surface area contributed by atoms with E-state index in [0.29, 0.717) is 12.0 Å². The van der Waals surface area contributed by atoms with Crippen LogP contribution in [0.3, 0.4) is 0 Å². The molecule has 3 unspecified atom stereocenters. The summed E-state index contributed by atoms with van der Waals surface area (Å²) in [4.78, 5) is 0. The summed E-state index contributed by atoms with van der Waals surface area (Å²) in [6, 6.07) is 2.27. The van der Waals surface area contributed by atoms with Crippen molar-refractivity contribution in [3.8, 4) is 0 Å². The van der Waals surface area contributed by atoms with Crippen molar-refractivity contribution >= 4 is 11.3 Å². The summed E-state index contributed by atoms with van der Waals surface area (Å²) in [5.74, 6) is 0.504. The molecule has 3 heteroatoms. The van der Waals surface area contributed by atoms with Crippen LogP contribution in [0.4, 0.5) is 0 Å². The lowest BCUT2D eigenvalue weighted by Gasteiger charge is -2.16. The Hall–Kier alpha value is -0.380. The molecule has 0 aliphatic carbocycles. The zero-order chi connectivity index (χ0) is 9.26. The van der Waals surface area contributed by atoms with E-state index in [0.717, 1.165) is 13.0 Å². The zero-order valence-corrected chi connectivity index (χ0v) is 8.59. The number of ether oxygens (including phenoxy) is 1. The Morgan fingerprint density at radius 3 is 3.08 bits per heavy atom. The van der Waals surface area contributed by atoms with E-state index < -0.39 is 0 Å². The summed E-state index contributed by atoms with van der Waals surface area (Å²) >= 11 is 1.71. The lowest BCUT2D eigenvalue weighted by Crippen LogP contribution is -2.21. The average Bonchev–Trinajstić information content (AvgIpc) is 2.72. The summed E-state index contributed by atoms with van der Waals surface area (Å²) in [7, 11) is 0. The second kappa shape index (κ2) is 3.78. The third-order valence-corrected chi connectivity index (χ3v) is 3.37. The van der Waals surface area contributed by atoms with Crippen LogP contribution < -0.4 is 5.73 Å². The molecule has 0 saturated carbocycles. The van der Waals surface area contributed by atoms with Gasteiger partial charge in [0.2, 0.25) is 0 Å². The molecule has 3 atom stereocenters. The van der Waals surface area contributed by atoms with Crippen LogP contribution in [-0.4, -0.2) is 12.7 Å². The molecule has 2 heterocycles. The van der Waals surface area contributed by atoms with E-state index in [-0.39, 0.29) is 6.04 Å². The minimum Gasteiger partial charge on any atom is -0.378 e. The van der Waals surface area contributed by atoms with Gasteiger partial charge in [0, 0.05) is 12.0 Å². The van der Waals surface area contributed by atoms with Crippen LogP contribution in [0.15, 0.2) is 16.8 Å². The van der Waals surface area contributed by atoms with Crippen molar-refractivity contribution in [2.24, 2.45) is 11.7 Å². The third kappa shape index (κ3) is 1.93. The normalized spacial score (nSPS) is 30.6. The summed E-state index contributed by atoms with van der Waals surface area (Å²) < 4.78 is 5.51. The molecule has 1 aliphatic rings. The second-order valence-corrected chi connectivity index (χ2v) is 4.50. The van der Waals surface area contributed by atoms with Crippen molar-refractivity contribution in [1.29, 1.82) is 0 Å². The summed E-state index contributed by atoms with van der Waals surface area (Å²) in [5, 5.41) is 4.21. The van der Waals surface area contributed by atoms with E-state index in [9.17, 15) is 0 Å². The number of hydrogen-bond donors (Lipinski definition) is 1. The van der Waals surface area contributed by atoms with Gasteiger partial charge < -0.3 is 10.5 Å². The van der Waals surface area contributed by atoms with E-state index in [1.54, 1.807) is 11.3 Å². The van der Waals surface area contributed by atoms with Gasteiger partial charge in [-0.25, -0.2) is 0 Å². The molecule has 1 fully saturated rings. The minimum atomic E-state index is 0.163. The molecular weight excluding hydrogens is 182 g/mol. The Balaban J connectivity index is 2.02. The fourth-order valence-electron chi connectivity index (χ4n) is 1.84. The maximum Gasteiger partial charge on any atom is 0.0551 e. The van der Waals surface area contributed by atoms with E-state index in [1.807, 2.05) is 0 Å². The fraction of sp³-hybridized carbons (Fsp3) is 0.600. The molecule has 2 N–H and O–H groups in total. The van der Waals surface area contributed by atoms with E-state index >= 15 is 0 Å². The first-order valence-corrected chi connectivity index (χ1v) is 5.61. The SMILES string of the molecule is CC1CC(C(N)c2ccsc2)CO1. The lowest BCUT2D eigenvalue weighted by molar-refractivity contribution is 0.118. The van der Waals surface area contributed by atoms with Gasteiger partial charge in [-0.2, -0.15) is 11.3 Å². The highest BCUT2D eigenvalue weighted by molar-refractivity contribution is 7.07. The molecule has 0 radical (unpaired) electrons. The Bertz CT molecular complexity index is 260. The molecular formula is C10H15NOS. The quantitative estimate of drug-likeness (QED) is 0.788. The number of hydrogen-bond acceptors (Lipinski definition) is 3. The van der Waals surface area contributed by atoms with Gasteiger partial charge in [0.25, 0.3) is 0 Å². The van der Waals surface area contributed by atoms with Crippen LogP contribution in [0.25, 0.3) is 0 Å². The number of rotatable bonds is 2. The molecule has 0 bridgehead atoms. The molecule has 0 aromatic carbocycles. The highest BCUT2D eigenvalue weighted by Crippen LogP contribution is 2.30. The van der Waals surface area contributed by atoms with Crippen molar-refractivity contribution < 1.29 is 4.74 Å². The van der Waals surface area contributed by atoms with Crippen LogP contribution in [0, 0.1) is 5.92 Å². The third-order valence-electron chi connectivity index (χ3n) is 2.67. The van der Waals surface area contributed by atoms with E-state index in [1.165, 1.54) is 5.56 Å². The Morgan fingerprint density at radius 1 is 1.69 bits per heavy atom. The van der Waals surface area contributed by atoms with Gasteiger partial charge in [0.05, 0.1) is 12.7 Å². The smallest absolute Gasteiger partial charge is 0.0551 e. The topological polar surface area (TPSA) is 35.2 Å². The Morgan fingerprint density at radius 2 is 2.54 bits per heavy atom. The van der Waals surface area contributed by atoms with Crippen LogP contribution in [-0.2, 0) is 4.74 Å². The van der Waals surface area contributed by atoms with E-state index in [4.69, 9.17) is 10.5 Å². The lowest BCUT2D eigenvalue weighted by atomic mass is 9.94. The second-order valence-electron chi connectivity index (χ2n) is 3.72. The molecule has 1 saturated heterocycles. The van der Waals surface area contributed by atoms with Gasteiger partial charge in [-0.05, 0) is 35.7 Å². The van der Waals surface area contributed by atoms with Crippen LogP contribution in [0.1, 0.15) is 24.9 Å². The van der Waals surface area contributed by atoms with Crippen molar-refractivity contribution in [3.05, 3.63) is 22.4 Å². The van der Waals surface area contributed by atoms with Crippen molar-refractivity contribution in [3.63, 3.8) is 0 Å². The van der Waals surface area contributed by atoms with Crippen molar-refractivity contribution in [2.75, 3.05) is 6.61 Å². The number of nitrogens with two attached hydrogens (primary N) is 1. The molecule has 2 nitrogen and oxygen atoms in total. The van der Waals surface area contributed by atoms with Gasteiger partial charge in [0.1, 0.15) is 0 Å². The monoisotopic (exact) mass is 197 g/mol. The van der Waals surface area contributed by atoms with Gasteiger partial charge in [0.15, 0.2) is 0 Å². The molecule has 0 amide bonds. The Labute approximate surface area is 82.7 Å². The van der Waals surface area contributed by atoms with Crippen molar-refractivity contribution in [2.45, 2.75) is 25.5 Å². The van der Waals surface area contributed by atoms with Gasteiger partial charge in [-0.15, -0.1) is 0 Å². The maximum absolute atomic E-state index is 6.13. The first-order chi connectivity index (χ1) is 6.27. The van der Waals surface area contributed by atoms with Gasteiger partial charge in [-0.3, -0.25) is 0 Å². The fourth-order valence-corrected chi connectivity index (χ4v) is 2.54. The summed E-state index contributed by atoms with van der Waals surface area (Å²) in [5.41, 5.74) is 7.39. The van der Waals surface area contributed by atoms with E-state index in [2.05, 4.69) is 23.8 Å². The van der Waals surface area contributed by atoms with Crippen LogP contribution >= 0.6 is 11.3 Å². The largest absolute Gasteiger partial charge is 0.378 e. The predicted molar refractivity (Wildman–Crippen MR) is 54.8 cm³/mol. The molecule has 0 spiro atoms. The standard InChI is InChI=1S/C10H15NOS/c1-7-4-9(5-12-7)10(11)8-2-3-13-6-8/h2-3,6-7,9-10H,4-5,11H2,1H3. The first-order valence-electron chi connectivity index (χ1n) is 4.66. The molecule has 13 heavy (non-hydrogen) atoms. The van der Waals surface area contributed by atoms with Crippen molar-refractivity contribution in [1.82, 2.24) is 0 Å². The zero-order valence-electron chi connectivity index (χ0n) is 7.77. The van der Waals surface area contributed by atoms with Crippen LogP contribution in [0.5, 0.6) is 0 Å². The molecule has 1 aliphatic heterocycles. The molecule has 2 rings (SSSR count). The Kier molecular flexibility index (Phi) is 2.67. The maximum atomic E-state index is 6.13. The first kappa shape index (κ1) is 9.19. The minimum absolute atomic E-state index is 0.163.